The lowest BCUT2D eigenvalue weighted by Crippen LogP contribution is -2.47. The first-order valence-electron chi connectivity index (χ1n) is 5.71. The number of aliphatic hydroxyl groups excluding tert-OH is 1. The second kappa shape index (κ2) is 6.50. The highest BCUT2D eigenvalue weighted by atomic mass is 32.2. The van der Waals surface area contributed by atoms with Gasteiger partial charge in [-0.15, -0.1) is 13.2 Å². The van der Waals surface area contributed by atoms with Crippen LogP contribution in [0.5, 0.6) is 5.75 Å². The number of hydrogen-bond acceptors (Lipinski definition) is 5. The Kier molecular flexibility index (Phi) is 5.38. The quantitative estimate of drug-likeness (QED) is 0.701. The first-order chi connectivity index (χ1) is 9.92. The van der Waals surface area contributed by atoms with Crippen molar-refractivity contribution in [1.29, 1.82) is 0 Å². The number of rotatable bonds is 6. The second-order valence-electron chi connectivity index (χ2n) is 4.20. The van der Waals surface area contributed by atoms with Gasteiger partial charge in [0.2, 0.25) is 10.0 Å². The van der Waals surface area contributed by atoms with E-state index in [0.717, 1.165) is 25.1 Å². The third kappa shape index (κ3) is 5.16. The van der Waals surface area contributed by atoms with E-state index in [-0.39, 0.29) is 0 Å². The maximum absolute atomic E-state index is 12.1. The molecule has 0 bridgehead atoms. The summed E-state index contributed by atoms with van der Waals surface area (Å²) >= 11 is 0. The van der Waals surface area contributed by atoms with E-state index in [0.29, 0.717) is 6.07 Å². The van der Waals surface area contributed by atoms with Crippen LogP contribution in [0.4, 0.5) is 13.2 Å². The molecule has 124 valence electrons. The van der Waals surface area contributed by atoms with Gasteiger partial charge in [0.25, 0.3) is 0 Å². The SMILES string of the molecule is CC(O)C(NS(=O)(=O)c1cccc(OC(F)(F)F)c1)C(=O)O. The number of alkyl halides is 3. The minimum Gasteiger partial charge on any atom is -0.480 e. The van der Waals surface area contributed by atoms with Crippen molar-refractivity contribution in [1.82, 2.24) is 4.72 Å². The highest BCUT2D eigenvalue weighted by molar-refractivity contribution is 7.89. The molecule has 7 nitrogen and oxygen atoms in total. The van der Waals surface area contributed by atoms with Crippen LogP contribution in [0.25, 0.3) is 0 Å². The molecule has 0 amide bonds. The summed E-state index contributed by atoms with van der Waals surface area (Å²) < 4.78 is 65.4. The molecule has 1 aromatic rings. The van der Waals surface area contributed by atoms with E-state index in [4.69, 9.17) is 5.11 Å². The lowest BCUT2D eigenvalue weighted by molar-refractivity contribution is -0.274. The Labute approximate surface area is 123 Å². The van der Waals surface area contributed by atoms with E-state index in [2.05, 4.69) is 4.74 Å². The monoisotopic (exact) mass is 343 g/mol. The van der Waals surface area contributed by atoms with Crippen LogP contribution in [0.2, 0.25) is 0 Å². The van der Waals surface area contributed by atoms with E-state index in [1.54, 1.807) is 4.72 Å². The highest BCUT2D eigenvalue weighted by Crippen LogP contribution is 2.25. The van der Waals surface area contributed by atoms with Crippen LogP contribution in [0, 0.1) is 0 Å². The fourth-order valence-corrected chi connectivity index (χ4v) is 2.73. The van der Waals surface area contributed by atoms with Crippen LogP contribution < -0.4 is 9.46 Å². The zero-order valence-corrected chi connectivity index (χ0v) is 11.9. The van der Waals surface area contributed by atoms with Gasteiger partial charge in [0, 0.05) is 6.07 Å². The number of hydrogen-bond donors (Lipinski definition) is 3. The second-order valence-corrected chi connectivity index (χ2v) is 5.91. The summed E-state index contributed by atoms with van der Waals surface area (Å²) in [4.78, 5) is 10.2. The van der Waals surface area contributed by atoms with Gasteiger partial charge in [-0.25, -0.2) is 8.42 Å². The number of carboxylic acids is 1. The van der Waals surface area contributed by atoms with Gasteiger partial charge < -0.3 is 14.9 Å². The molecule has 0 aliphatic carbocycles. The van der Waals surface area contributed by atoms with Crippen molar-refractivity contribution in [3.05, 3.63) is 24.3 Å². The van der Waals surface area contributed by atoms with Gasteiger partial charge in [0.1, 0.15) is 11.8 Å². The summed E-state index contributed by atoms with van der Waals surface area (Å²) in [5.74, 6) is -2.42. The summed E-state index contributed by atoms with van der Waals surface area (Å²) in [5, 5.41) is 18.0. The van der Waals surface area contributed by atoms with Crippen molar-refractivity contribution in [2.45, 2.75) is 30.3 Å². The number of carbonyl (C=O) groups is 1. The number of aliphatic hydroxyl groups is 1. The molecule has 22 heavy (non-hydrogen) atoms. The number of ether oxygens (including phenoxy) is 1. The Morgan fingerprint density at radius 1 is 1.36 bits per heavy atom. The molecule has 0 radical (unpaired) electrons. The summed E-state index contributed by atoms with van der Waals surface area (Å²) in [6.07, 6.45) is -6.55. The Morgan fingerprint density at radius 2 is 1.95 bits per heavy atom. The fraction of sp³-hybridized carbons (Fsp3) is 0.364. The van der Waals surface area contributed by atoms with E-state index in [1.165, 1.54) is 0 Å². The molecule has 0 aliphatic heterocycles. The molecule has 11 heteroatoms. The summed E-state index contributed by atoms with van der Waals surface area (Å²) in [7, 11) is -4.47. The lowest BCUT2D eigenvalue weighted by Gasteiger charge is -2.17. The molecule has 2 unspecified atom stereocenters. The van der Waals surface area contributed by atoms with Gasteiger partial charge in [-0.1, -0.05) is 6.07 Å². The summed E-state index contributed by atoms with van der Waals surface area (Å²) in [5.41, 5.74) is 0. The third-order valence-electron chi connectivity index (χ3n) is 2.38. The number of halogens is 3. The van der Waals surface area contributed by atoms with Gasteiger partial charge in [-0.05, 0) is 19.1 Å². The van der Waals surface area contributed by atoms with E-state index in [1.807, 2.05) is 0 Å². The predicted octanol–water partition coefficient (Wildman–Crippen LogP) is 0.697. The van der Waals surface area contributed by atoms with Gasteiger partial charge in [0.05, 0.1) is 11.0 Å². The van der Waals surface area contributed by atoms with E-state index < -0.39 is 45.1 Å². The molecule has 0 heterocycles. The topological polar surface area (TPSA) is 113 Å². The van der Waals surface area contributed by atoms with Crippen LogP contribution >= 0.6 is 0 Å². The average Bonchev–Trinajstić information content (AvgIpc) is 2.33. The molecule has 0 fully saturated rings. The van der Waals surface area contributed by atoms with Crippen molar-refractivity contribution < 1.29 is 41.3 Å². The van der Waals surface area contributed by atoms with Crippen molar-refractivity contribution in [2.24, 2.45) is 0 Å². The third-order valence-corrected chi connectivity index (χ3v) is 3.82. The molecular weight excluding hydrogens is 331 g/mol. The molecule has 0 saturated heterocycles. The summed E-state index contributed by atoms with van der Waals surface area (Å²) in [6.45, 7) is 1.05. The number of sulfonamides is 1. The molecule has 0 aromatic heterocycles. The fourth-order valence-electron chi connectivity index (χ4n) is 1.43. The highest BCUT2D eigenvalue weighted by Gasteiger charge is 2.32. The Hall–Kier alpha value is -1.85. The van der Waals surface area contributed by atoms with Gasteiger partial charge >= 0.3 is 12.3 Å². The van der Waals surface area contributed by atoms with Crippen molar-refractivity contribution in [3.8, 4) is 5.75 Å². The molecule has 2 atom stereocenters. The van der Waals surface area contributed by atoms with Crippen molar-refractivity contribution in [3.63, 3.8) is 0 Å². The van der Waals surface area contributed by atoms with Crippen molar-refractivity contribution in [2.75, 3.05) is 0 Å². The van der Waals surface area contributed by atoms with Gasteiger partial charge in [-0.2, -0.15) is 4.72 Å². The zero-order chi connectivity index (χ0) is 17.1. The minimum absolute atomic E-state index is 0.580. The minimum atomic E-state index is -5.00. The van der Waals surface area contributed by atoms with Gasteiger partial charge in [0.15, 0.2) is 0 Å². The Balaban J connectivity index is 3.08. The van der Waals surface area contributed by atoms with Crippen LogP contribution in [0.15, 0.2) is 29.2 Å². The zero-order valence-electron chi connectivity index (χ0n) is 11.0. The summed E-state index contributed by atoms with van der Waals surface area (Å²) in [6, 6.07) is 1.56. The van der Waals surface area contributed by atoms with E-state index >= 15 is 0 Å². The number of aliphatic carboxylic acids is 1. The standard InChI is InChI=1S/C11H12F3NO6S/c1-6(16)9(10(17)18)15-22(19,20)8-4-2-3-7(5-8)21-11(12,13)14/h2-6,9,15-16H,1H3,(H,17,18). The molecular formula is C11H12F3NO6S. The first kappa shape index (κ1) is 18.2. The van der Waals surface area contributed by atoms with Crippen LogP contribution in [-0.4, -0.2) is 43.1 Å². The van der Waals surface area contributed by atoms with Crippen LogP contribution in [0.3, 0.4) is 0 Å². The van der Waals surface area contributed by atoms with Crippen molar-refractivity contribution >= 4 is 16.0 Å². The normalized spacial score (nSPS) is 15.1. The molecule has 0 aliphatic rings. The smallest absolute Gasteiger partial charge is 0.480 e. The molecule has 1 aromatic carbocycles. The Bertz CT molecular complexity index is 643. The molecule has 0 saturated carbocycles. The number of benzene rings is 1. The first-order valence-corrected chi connectivity index (χ1v) is 7.20. The maximum atomic E-state index is 12.1. The van der Waals surface area contributed by atoms with Crippen LogP contribution in [0.1, 0.15) is 6.92 Å². The van der Waals surface area contributed by atoms with Crippen LogP contribution in [-0.2, 0) is 14.8 Å². The number of nitrogens with one attached hydrogen (secondary N) is 1. The van der Waals surface area contributed by atoms with Gasteiger partial charge in [-0.3, -0.25) is 4.79 Å². The predicted molar refractivity (Wildman–Crippen MR) is 66.6 cm³/mol. The lowest BCUT2D eigenvalue weighted by atomic mass is 10.2. The Morgan fingerprint density at radius 3 is 2.41 bits per heavy atom. The number of carboxylic acid groups (broad SMARTS) is 1. The maximum Gasteiger partial charge on any atom is 0.573 e. The molecule has 1 rings (SSSR count). The average molecular weight is 343 g/mol. The largest absolute Gasteiger partial charge is 0.573 e. The molecule has 3 N–H and O–H groups in total. The van der Waals surface area contributed by atoms with E-state index in [9.17, 15) is 31.5 Å². The molecule has 0 spiro atoms.